The molecule has 72 valence electrons. The summed E-state index contributed by atoms with van der Waals surface area (Å²) in [4.78, 5) is 0. The number of ether oxygens (including phenoxy) is 1. The average molecular weight is 211 g/mol. The lowest BCUT2D eigenvalue weighted by molar-refractivity contribution is 0.114. The van der Waals surface area contributed by atoms with Gasteiger partial charge in [-0.1, -0.05) is 12.8 Å². The molecule has 0 aromatic heterocycles. The molecule has 4 heteroatoms. The summed E-state index contributed by atoms with van der Waals surface area (Å²) in [5.74, 6) is 1.20. The van der Waals surface area contributed by atoms with Gasteiger partial charge in [-0.15, -0.1) is 0 Å². The first kappa shape index (κ1) is 10.5. The lowest BCUT2D eigenvalue weighted by atomic mass is 10.1. The monoisotopic (exact) mass is 210 g/mol. The normalized spacial score (nSPS) is 21.4. The molecular formula is C8H15ClO2S. The predicted molar refractivity (Wildman–Crippen MR) is 51.6 cm³/mol. The van der Waals surface area contributed by atoms with Gasteiger partial charge < -0.3 is 4.74 Å². The maximum atomic E-state index is 10.4. The number of halogens is 1. The molecule has 1 unspecified atom stereocenters. The van der Waals surface area contributed by atoms with Crippen LogP contribution in [-0.2, 0) is 14.7 Å². The van der Waals surface area contributed by atoms with E-state index >= 15 is 0 Å². The van der Waals surface area contributed by atoms with Crippen LogP contribution in [0.5, 0.6) is 0 Å². The Balaban J connectivity index is 1.91. The van der Waals surface area contributed by atoms with E-state index < -0.39 is 10.0 Å². The molecule has 0 aromatic rings. The van der Waals surface area contributed by atoms with Crippen LogP contribution in [0, 0.1) is 5.92 Å². The third-order valence-electron chi connectivity index (χ3n) is 2.22. The first-order valence-electron chi connectivity index (χ1n) is 4.41. The Labute approximate surface area is 80.6 Å². The summed E-state index contributed by atoms with van der Waals surface area (Å²) in [6.45, 7) is 1.36. The highest BCUT2D eigenvalue weighted by Gasteiger charge is 2.14. The van der Waals surface area contributed by atoms with Crippen LogP contribution in [-0.4, -0.2) is 23.2 Å². The Morgan fingerprint density at radius 1 is 1.42 bits per heavy atom. The van der Waals surface area contributed by atoms with E-state index in [4.69, 9.17) is 15.4 Å². The first-order chi connectivity index (χ1) is 5.79. The van der Waals surface area contributed by atoms with Crippen molar-refractivity contribution in [2.45, 2.75) is 25.7 Å². The molecule has 0 heterocycles. The SMILES string of the molecule is O=S(Cl)CCOCC1CCCC1. The summed E-state index contributed by atoms with van der Waals surface area (Å²) < 4.78 is 15.8. The molecule has 1 aliphatic carbocycles. The minimum Gasteiger partial charge on any atom is -0.380 e. The van der Waals surface area contributed by atoms with Gasteiger partial charge >= 0.3 is 0 Å². The zero-order valence-electron chi connectivity index (χ0n) is 7.13. The summed E-state index contributed by atoms with van der Waals surface area (Å²) in [6, 6.07) is 0. The van der Waals surface area contributed by atoms with Crippen molar-refractivity contribution in [2.75, 3.05) is 19.0 Å². The molecule has 1 saturated carbocycles. The van der Waals surface area contributed by atoms with Crippen molar-refractivity contribution in [2.24, 2.45) is 5.92 Å². The van der Waals surface area contributed by atoms with Gasteiger partial charge in [0.25, 0.3) is 0 Å². The van der Waals surface area contributed by atoms with Crippen molar-refractivity contribution in [3.63, 3.8) is 0 Å². The minimum absolute atomic E-state index is 0.453. The van der Waals surface area contributed by atoms with E-state index in [1.807, 2.05) is 0 Å². The van der Waals surface area contributed by atoms with Gasteiger partial charge in [0.15, 0.2) is 0 Å². The fourth-order valence-electron chi connectivity index (χ4n) is 1.55. The second-order valence-corrected chi connectivity index (χ2v) is 5.24. The molecular weight excluding hydrogens is 196 g/mol. The van der Waals surface area contributed by atoms with Gasteiger partial charge in [-0.2, -0.15) is 0 Å². The molecule has 0 amide bonds. The molecule has 0 radical (unpaired) electrons. The maximum Gasteiger partial charge on any atom is 0.117 e. The Hall–Kier alpha value is 0.400. The van der Waals surface area contributed by atoms with E-state index in [9.17, 15) is 4.21 Å². The van der Waals surface area contributed by atoms with Crippen molar-refractivity contribution in [3.05, 3.63) is 0 Å². The topological polar surface area (TPSA) is 26.3 Å². The second kappa shape index (κ2) is 5.95. The predicted octanol–water partition coefficient (Wildman–Crippen LogP) is 2.10. The molecule has 12 heavy (non-hydrogen) atoms. The van der Waals surface area contributed by atoms with Crippen molar-refractivity contribution < 1.29 is 8.95 Å². The van der Waals surface area contributed by atoms with Gasteiger partial charge in [-0.3, -0.25) is 0 Å². The Morgan fingerprint density at radius 2 is 2.08 bits per heavy atom. The van der Waals surface area contributed by atoms with E-state index in [2.05, 4.69) is 0 Å². The molecule has 1 aliphatic rings. The van der Waals surface area contributed by atoms with Crippen molar-refractivity contribution in [3.8, 4) is 0 Å². The summed E-state index contributed by atoms with van der Waals surface area (Å²) >= 11 is 0. The van der Waals surface area contributed by atoms with Crippen molar-refractivity contribution in [1.29, 1.82) is 0 Å². The molecule has 0 bridgehead atoms. The van der Waals surface area contributed by atoms with Crippen LogP contribution >= 0.6 is 10.7 Å². The summed E-state index contributed by atoms with van der Waals surface area (Å²) in [5, 5.41) is 0. The van der Waals surface area contributed by atoms with Gasteiger partial charge in [0.05, 0.1) is 12.4 Å². The second-order valence-electron chi connectivity index (χ2n) is 3.22. The standard InChI is InChI=1S/C8H15ClO2S/c9-12(10)6-5-11-7-8-3-1-2-4-8/h8H,1-7H2. The molecule has 1 rings (SSSR count). The van der Waals surface area contributed by atoms with Crippen LogP contribution in [0.1, 0.15) is 25.7 Å². The molecule has 1 atom stereocenters. The van der Waals surface area contributed by atoms with Crippen LogP contribution in [0.15, 0.2) is 0 Å². The minimum atomic E-state index is -1.22. The Bertz CT molecular complexity index is 146. The first-order valence-corrected chi connectivity index (χ1v) is 6.56. The van der Waals surface area contributed by atoms with Crippen LogP contribution < -0.4 is 0 Å². The zero-order chi connectivity index (χ0) is 8.81. The highest BCUT2D eigenvalue weighted by molar-refractivity contribution is 8.08. The van der Waals surface area contributed by atoms with Crippen LogP contribution in [0.25, 0.3) is 0 Å². The number of hydrogen-bond acceptors (Lipinski definition) is 2. The average Bonchev–Trinajstić information content (AvgIpc) is 2.49. The van der Waals surface area contributed by atoms with Crippen LogP contribution in [0.3, 0.4) is 0 Å². The third kappa shape index (κ3) is 4.43. The van der Waals surface area contributed by atoms with Gasteiger partial charge in [0, 0.05) is 6.61 Å². The zero-order valence-corrected chi connectivity index (χ0v) is 8.70. The smallest absolute Gasteiger partial charge is 0.117 e. The van der Waals surface area contributed by atoms with Crippen molar-refractivity contribution >= 4 is 20.7 Å². The highest BCUT2D eigenvalue weighted by atomic mass is 35.7. The summed E-state index contributed by atoms with van der Waals surface area (Å²) in [7, 11) is 4.04. The maximum absolute atomic E-state index is 10.4. The molecule has 1 fully saturated rings. The van der Waals surface area contributed by atoms with E-state index in [-0.39, 0.29) is 0 Å². The lowest BCUT2D eigenvalue weighted by Gasteiger charge is -2.08. The van der Waals surface area contributed by atoms with Gasteiger partial charge in [-0.05, 0) is 29.4 Å². The van der Waals surface area contributed by atoms with Gasteiger partial charge in [-0.25, -0.2) is 4.21 Å². The fourth-order valence-corrected chi connectivity index (χ4v) is 1.99. The Morgan fingerprint density at radius 3 is 2.67 bits per heavy atom. The van der Waals surface area contributed by atoms with Gasteiger partial charge in [0.2, 0.25) is 0 Å². The fraction of sp³-hybridized carbons (Fsp3) is 1.00. The molecule has 0 N–H and O–H groups in total. The molecule has 0 spiro atoms. The van der Waals surface area contributed by atoms with E-state index in [1.54, 1.807) is 0 Å². The molecule has 2 nitrogen and oxygen atoms in total. The molecule has 0 saturated heterocycles. The van der Waals surface area contributed by atoms with E-state index in [0.29, 0.717) is 12.4 Å². The van der Waals surface area contributed by atoms with E-state index in [0.717, 1.165) is 12.5 Å². The van der Waals surface area contributed by atoms with Crippen LogP contribution in [0.4, 0.5) is 0 Å². The van der Waals surface area contributed by atoms with Crippen molar-refractivity contribution in [1.82, 2.24) is 0 Å². The summed E-state index contributed by atoms with van der Waals surface area (Å²) in [5.41, 5.74) is 0. The quantitative estimate of drug-likeness (QED) is 0.513. The lowest BCUT2D eigenvalue weighted by Crippen LogP contribution is -2.09. The number of rotatable bonds is 5. The Kier molecular flexibility index (Phi) is 5.19. The van der Waals surface area contributed by atoms with Gasteiger partial charge in [0.1, 0.15) is 10.0 Å². The van der Waals surface area contributed by atoms with Crippen LogP contribution in [0.2, 0.25) is 0 Å². The highest BCUT2D eigenvalue weighted by Crippen LogP contribution is 2.24. The molecule has 0 aliphatic heterocycles. The largest absolute Gasteiger partial charge is 0.380 e. The molecule has 0 aromatic carbocycles. The van der Waals surface area contributed by atoms with E-state index in [1.165, 1.54) is 25.7 Å². The number of hydrogen-bond donors (Lipinski definition) is 0. The third-order valence-corrected chi connectivity index (χ3v) is 3.17. The summed E-state index contributed by atoms with van der Waals surface area (Å²) in [6.07, 6.45) is 5.28.